The fourth-order valence-electron chi connectivity index (χ4n) is 3.06. The fourth-order valence-corrected chi connectivity index (χ4v) is 3.56. The van der Waals surface area contributed by atoms with E-state index in [0.29, 0.717) is 27.8 Å². The number of benzene rings is 2. The largest absolute Gasteiger partial charge is 0.323 e. The van der Waals surface area contributed by atoms with Crippen molar-refractivity contribution in [3.63, 3.8) is 0 Å². The SMILES string of the molecule is O=C(Nc1c(Cl)cccc1Cl)C1CCN(Cc2ccccc2F)CC1. The molecule has 0 aromatic heterocycles. The number of halogens is 3. The summed E-state index contributed by atoms with van der Waals surface area (Å²) in [4.78, 5) is 14.7. The second-order valence-electron chi connectivity index (χ2n) is 6.23. The third kappa shape index (κ3) is 4.51. The Bertz CT molecular complexity index is 741. The number of anilines is 1. The zero-order valence-corrected chi connectivity index (χ0v) is 15.2. The summed E-state index contributed by atoms with van der Waals surface area (Å²) in [6, 6.07) is 11.9. The highest BCUT2D eigenvalue weighted by atomic mass is 35.5. The van der Waals surface area contributed by atoms with Gasteiger partial charge in [-0.25, -0.2) is 4.39 Å². The Hall–Kier alpha value is -1.62. The van der Waals surface area contributed by atoms with Crippen LogP contribution < -0.4 is 5.32 Å². The van der Waals surface area contributed by atoms with E-state index in [1.165, 1.54) is 6.07 Å². The molecular weight excluding hydrogens is 362 g/mol. The van der Waals surface area contributed by atoms with Crippen molar-refractivity contribution in [3.05, 3.63) is 63.9 Å². The lowest BCUT2D eigenvalue weighted by molar-refractivity contribution is -0.121. The van der Waals surface area contributed by atoms with Crippen LogP contribution >= 0.6 is 23.2 Å². The average Bonchev–Trinajstić information content (AvgIpc) is 2.61. The normalized spacial score (nSPS) is 16.0. The molecule has 1 N–H and O–H groups in total. The molecule has 0 saturated carbocycles. The molecule has 0 radical (unpaired) electrons. The molecule has 1 heterocycles. The molecule has 2 aromatic carbocycles. The summed E-state index contributed by atoms with van der Waals surface area (Å²) in [6.07, 6.45) is 1.45. The maximum Gasteiger partial charge on any atom is 0.227 e. The predicted molar refractivity (Wildman–Crippen MR) is 99.5 cm³/mol. The molecule has 6 heteroatoms. The Morgan fingerprint density at radius 1 is 1.08 bits per heavy atom. The van der Waals surface area contributed by atoms with E-state index in [9.17, 15) is 9.18 Å². The summed E-state index contributed by atoms with van der Waals surface area (Å²) >= 11 is 12.2. The molecule has 1 amide bonds. The summed E-state index contributed by atoms with van der Waals surface area (Å²) in [7, 11) is 0. The monoisotopic (exact) mass is 380 g/mol. The predicted octanol–water partition coefficient (Wildman–Crippen LogP) is 4.98. The van der Waals surface area contributed by atoms with Crippen molar-refractivity contribution in [2.75, 3.05) is 18.4 Å². The minimum atomic E-state index is -0.185. The molecule has 0 aliphatic carbocycles. The Morgan fingerprint density at radius 3 is 2.36 bits per heavy atom. The van der Waals surface area contributed by atoms with Crippen molar-refractivity contribution < 1.29 is 9.18 Å². The van der Waals surface area contributed by atoms with Gasteiger partial charge in [0.1, 0.15) is 5.82 Å². The molecular formula is C19H19Cl2FN2O. The lowest BCUT2D eigenvalue weighted by Gasteiger charge is -2.31. The molecule has 0 bridgehead atoms. The van der Waals surface area contributed by atoms with Crippen LogP contribution in [0.15, 0.2) is 42.5 Å². The van der Waals surface area contributed by atoms with E-state index < -0.39 is 0 Å². The van der Waals surface area contributed by atoms with Crippen LogP contribution in [0, 0.1) is 11.7 Å². The highest BCUT2D eigenvalue weighted by Gasteiger charge is 2.26. The highest BCUT2D eigenvalue weighted by Crippen LogP contribution is 2.31. The molecule has 0 spiro atoms. The van der Waals surface area contributed by atoms with Gasteiger partial charge in [0.25, 0.3) is 0 Å². The number of para-hydroxylation sites is 1. The highest BCUT2D eigenvalue weighted by molar-refractivity contribution is 6.39. The molecule has 1 saturated heterocycles. The molecule has 132 valence electrons. The van der Waals surface area contributed by atoms with Gasteiger partial charge in [-0.1, -0.05) is 47.5 Å². The number of rotatable bonds is 4. The number of hydrogen-bond acceptors (Lipinski definition) is 2. The number of likely N-dealkylation sites (tertiary alicyclic amines) is 1. The third-order valence-corrected chi connectivity index (χ3v) is 5.15. The zero-order valence-electron chi connectivity index (χ0n) is 13.6. The lowest BCUT2D eigenvalue weighted by Crippen LogP contribution is -2.38. The second kappa shape index (κ2) is 8.17. The van der Waals surface area contributed by atoms with E-state index in [1.54, 1.807) is 30.3 Å². The molecule has 0 atom stereocenters. The number of nitrogens with zero attached hydrogens (tertiary/aromatic N) is 1. The number of amides is 1. The second-order valence-corrected chi connectivity index (χ2v) is 7.04. The Morgan fingerprint density at radius 2 is 1.72 bits per heavy atom. The number of nitrogens with one attached hydrogen (secondary N) is 1. The number of hydrogen-bond donors (Lipinski definition) is 1. The first-order chi connectivity index (χ1) is 12.0. The van der Waals surface area contributed by atoms with Gasteiger partial charge in [-0.3, -0.25) is 9.69 Å². The number of carbonyl (C=O) groups is 1. The van der Waals surface area contributed by atoms with Gasteiger partial charge in [-0.15, -0.1) is 0 Å². The minimum absolute atomic E-state index is 0.0689. The van der Waals surface area contributed by atoms with Gasteiger partial charge in [0.05, 0.1) is 15.7 Å². The Kier molecular flexibility index (Phi) is 5.94. The smallest absolute Gasteiger partial charge is 0.227 e. The van der Waals surface area contributed by atoms with Crippen molar-refractivity contribution in [1.82, 2.24) is 4.90 Å². The zero-order chi connectivity index (χ0) is 17.8. The van der Waals surface area contributed by atoms with Crippen molar-refractivity contribution in [2.45, 2.75) is 19.4 Å². The first-order valence-electron chi connectivity index (χ1n) is 8.25. The van der Waals surface area contributed by atoms with Gasteiger partial charge in [0.2, 0.25) is 5.91 Å². The van der Waals surface area contributed by atoms with Crippen molar-refractivity contribution >= 4 is 34.8 Å². The standard InChI is InChI=1S/C19H19Cl2FN2O/c20-15-5-3-6-16(21)18(15)23-19(25)13-8-10-24(11-9-13)12-14-4-1-2-7-17(14)22/h1-7,13H,8-12H2,(H,23,25). The molecule has 3 nitrogen and oxygen atoms in total. The molecule has 3 rings (SSSR count). The van der Waals surface area contributed by atoms with E-state index in [1.807, 2.05) is 6.07 Å². The summed E-state index contributed by atoms with van der Waals surface area (Å²) < 4.78 is 13.8. The minimum Gasteiger partial charge on any atom is -0.323 e. The van der Waals surface area contributed by atoms with Crippen molar-refractivity contribution in [2.24, 2.45) is 5.92 Å². The molecule has 25 heavy (non-hydrogen) atoms. The number of piperidine rings is 1. The van der Waals surface area contributed by atoms with Gasteiger partial charge in [0, 0.05) is 18.0 Å². The summed E-state index contributed by atoms with van der Waals surface area (Å²) in [5, 5.41) is 3.70. The van der Waals surface area contributed by atoms with E-state index in [-0.39, 0.29) is 17.6 Å². The van der Waals surface area contributed by atoms with Crippen LogP contribution in [0.25, 0.3) is 0 Å². The third-order valence-electron chi connectivity index (χ3n) is 4.52. The molecule has 1 aliphatic rings. The first kappa shape index (κ1) is 18.2. The van der Waals surface area contributed by atoms with Gasteiger partial charge in [0.15, 0.2) is 0 Å². The van der Waals surface area contributed by atoms with Crippen LogP contribution in [-0.4, -0.2) is 23.9 Å². The van der Waals surface area contributed by atoms with Gasteiger partial charge in [-0.05, 0) is 44.1 Å². The van der Waals surface area contributed by atoms with E-state index in [2.05, 4.69) is 10.2 Å². The van der Waals surface area contributed by atoms with E-state index in [4.69, 9.17) is 23.2 Å². The van der Waals surface area contributed by atoms with Crippen LogP contribution in [0.2, 0.25) is 10.0 Å². The van der Waals surface area contributed by atoms with Crippen LogP contribution in [0.3, 0.4) is 0 Å². The summed E-state index contributed by atoms with van der Waals surface area (Å²) in [5.41, 5.74) is 1.15. The van der Waals surface area contributed by atoms with Crippen LogP contribution in [0.4, 0.5) is 10.1 Å². The molecule has 2 aromatic rings. The summed E-state index contributed by atoms with van der Waals surface area (Å²) in [6.45, 7) is 2.07. The van der Waals surface area contributed by atoms with Crippen LogP contribution in [0.1, 0.15) is 18.4 Å². The topological polar surface area (TPSA) is 32.3 Å². The van der Waals surface area contributed by atoms with E-state index >= 15 is 0 Å². The Labute approximate surface area is 156 Å². The maximum absolute atomic E-state index is 13.8. The van der Waals surface area contributed by atoms with Crippen molar-refractivity contribution in [1.29, 1.82) is 0 Å². The Balaban J connectivity index is 1.55. The van der Waals surface area contributed by atoms with E-state index in [0.717, 1.165) is 25.9 Å². The molecule has 1 aliphatic heterocycles. The fraction of sp³-hybridized carbons (Fsp3) is 0.316. The van der Waals surface area contributed by atoms with Gasteiger partial charge >= 0.3 is 0 Å². The van der Waals surface area contributed by atoms with Crippen LogP contribution in [0.5, 0.6) is 0 Å². The summed E-state index contributed by atoms with van der Waals surface area (Å²) in [5.74, 6) is -0.347. The van der Waals surface area contributed by atoms with Gasteiger partial charge in [-0.2, -0.15) is 0 Å². The van der Waals surface area contributed by atoms with Crippen LogP contribution in [-0.2, 0) is 11.3 Å². The molecule has 1 fully saturated rings. The average molecular weight is 381 g/mol. The maximum atomic E-state index is 13.8. The first-order valence-corrected chi connectivity index (χ1v) is 9.01. The van der Waals surface area contributed by atoms with Gasteiger partial charge < -0.3 is 5.32 Å². The lowest BCUT2D eigenvalue weighted by atomic mass is 9.95. The quantitative estimate of drug-likeness (QED) is 0.810. The van der Waals surface area contributed by atoms with Crippen molar-refractivity contribution in [3.8, 4) is 0 Å². The molecule has 0 unspecified atom stereocenters. The number of carbonyl (C=O) groups excluding carboxylic acids is 1.